The predicted octanol–water partition coefficient (Wildman–Crippen LogP) is 4.40. The Balaban J connectivity index is 1.91. The maximum absolute atomic E-state index is 13.8. The van der Waals surface area contributed by atoms with Crippen molar-refractivity contribution in [2.75, 3.05) is 12.3 Å². The number of hydrogen-bond acceptors (Lipinski definition) is 4. The van der Waals surface area contributed by atoms with Crippen molar-refractivity contribution < 1.29 is 26.0 Å². The molecule has 1 aliphatic carbocycles. The van der Waals surface area contributed by atoms with Crippen LogP contribution >= 0.6 is 0 Å². The minimum atomic E-state index is -4.62. The van der Waals surface area contributed by atoms with Crippen LogP contribution in [0.3, 0.4) is 0 Å². The molecular formula is C20H21F3N2O3S. The lowest BCUT2D eigenvalue weighted by atomic mass is 9.96. The highest BCUT2D eigenvalue weighted by atomic mass is 32.2. The first-order valence-electron chi connectivity index (χ1n) is 9.03. The average molecular weight is 426 g/mol. The van der Waals surface area contributed by atoms with Crippen molar-refractivity contribution in [2.24, 2.45) is 10.9 Å². The summed E-state index contributed by atoms with van der Waals surface area (Å²) in [5, 5.41) is 0. The number of halogens is 3. The summed E-state index contributed by atoms with van der Waals surface area (Å²) in [4.78, 5) is 4.15. The number of nitrogens with zero attached hydrogens (tertiary/aromatic N) is 1. The number of alkyl halides is 3. The number of aliphatic imine (C=N–C) groups is 1. The molecule has 156 valence electrons. The zero-order chi connectivity index (χ0) is 21.2. The van der Waals surface area contributed by atoms with Crippen LogP contribution in [0.4, 0.5) is 13.2 Å². The number of hydrogen-bond donors (Lipinski definition) is 1. The molecule has 1 aliphatic heterocycles. The van der Waals surface area contributed by atoms with Gasteiger partial charge in [0.2, 0.25) is 10.0 Å². The van der Waals surface area contributed by atoms with E-state index in [1.54, 1.807) is 38.1 Å². The van der Waals surface area contributed by atoms with Crippen molar-refractivity contribution in [2.45, 2.75) is 26.4 Å². The molecule has 0 bridgehead atoms. The molecule has 2 aliphatic rings. The first-order valence-corrected chi connectivity index (χ1v) is 10.7. The molecule has 0 unspecified atom stereocenters. The number of nitrogens with one attached hydrogen (secondary N) is 1. The third-order valence-electron chi connectivity index (χ3n) is 4.32. The van der Waals surface area contributed by atoms with Crippen LogP contribution in [-0.2, 0) is 10.0 Å². The summed E-state index contributed by atoms with van der Waals surface area (Å²) < 4.78 is 72.8. The first kappa shape index (κ1) is 21.3. The second-order valence-corrected chi connectivity index (χ2v) is 9.09. The van der Waals surface area contributed by atoms with Crippen LogP contribution in [0.15, 0.2) is 69.1 Å². The summed E-state index contributed by atoms with van der Waals surface area (Å²) in [5.41, 5.74) is 0.497. The van der Waals surface area contributed by atoms with Gasteiger partial charge >= 0.3 is 6.18 Å². The second-order valence-electron chi connectivity index (χ2n) is 7.24. The van der Waals surface area contributed by atoms with Crippen molar-refractivity contribution in [1.29, 1.82) is 0 Å². The molecule has 1 aromatic heterocycles. The van der Waals surface area contributed by atoms with E-state index in [1.807, 2.05) is 0 Å². The normalized spacial score (nSPS) is 17.7. The summed E-state index contributed by atoms with van der Waals surface area (Å²) in [5.74, 6) is -0.129. The second kappa shape index (κ2) is 8.16. The Morgan fingerprint density at radius 1 is 1.28 bits per heavy atom. The zero-order valence-corrected chi connectivity index (χ0v) is 16.8. The smallest absolute Gasteiger partial charge is 0.418 e. The maximum atomic E-state index is 13.8. The van der Waals surface area contributed by atoms with Crippen LogP contribution in [0.1, 0.15) is 25.8 Å². The molecule has 1 aromatic rings. The van der Waals surface area contributed by atoms with Gasteiger partial charge in [0, 0.05) is 5.56 Å². The van der Waals surface area contributed by atoms with E-state index in [9.17, 15) is 21.6 Å². The lowest BCUT2D eigenvalue weighted by Gasteiger charge is -2.20. The molecule has 2 heterocycles. The summed E-state index contributed by atoms with van der Waals surface area (Å²) in [7, 11) is -3.53. The molecule has 29 heavy (non-hydrogen) atoms. The fourth-order valence-electron chi connectivity index (χ4n) is 3.05. The van der Waals surface area contributed by atoms with Crippen LogP contribution in [0.5, 0.6) is 0 Å². The first-order chi connectivity index (χ1) is 13.5. The largest absolute Gasteiger partial charge is 0.472 e. The average Bonchev–Trinajstić information content (AvgIpc) is 3.06. The Labute approximate surface area is 167 Å². The van der Waals surface area contributed by atoms with Crippen molar-refractivity contribution in [1.82, 2.24) is 4.72 Å². The van der Waals surface area contributed by atoms with E-state index >= 15 is 0 Å². The molecule has 0 atom stereocenters. The predicted molar refractivity (Wildman–Crippen MR) is 106 cm³/mol. The highest BCUT2D eigenvalue weighted by molar-refractivity contribution is 7.89. The number of rotatable bonds is 6. The summed E-state index contributed by atoms with van der Waals surface area (Å²) in [6.45, 7) is 3.39. The van der Waals surface area contributed by atoms with Crippen LogP contribution in [0.2, 0.25) is 0 Å². The van der Waals surface area contributed by atoms with Crippen LogP contribution in [-0.4, -0.2) is 32.6 Å². The molecule has 0 spiro atoms. The van der Waals surface area contributed by atoms with Gasteiger partial charge in [0.25, 0.3) is 0 Å². The number of sulfonamides is 1. The highest BCUT2D eigenvalue weighted by Gasteiger charge is 2.39. The van der Waals surface area contributed by atoms with Crippen LogP contribution < -0.4 is 4.72 Å². The number of fused-ring (bicyclic) bond motifs is 1. The monoisotopic (exact) mass is 426 g/mol. The van der Waals surface area contributed by atoms with Gasteiger partial charge in [0.15, 0.2) is 0 Å². The topological polar surface area (TPSA) is 71.7 Å². The Hall–Kier alpha value is -2.39. The fraction of sp³-hybridized carbons (Fsp3) is 0.350. The van der Waals surface area contributed by atoms with E-state index in [4.69, 9.17) is 4.42 Å². The minimum Gasteiger partial charge on any atom is -0.472 e. The van der Waals surface area contributed by atoms with Crippen LogP contribution in [0.25, 0.3) is 5.57 Å². The van der Waals surface area contributed by atoms with Gasteiger partial charge in [0.1, 0.15) is 0 Å². The van der Waals surface area contributed by atoms with Gasteiger partial charge in [-0.3, -0.25) is 4.99 Å². The lowest BCUT2D eigenvalue weighted by molar-refractivity contribution is -0.0859. The van der Waals surface area contributed by atoms with Gasteiger partial charge in [-0.15, -0.1) is 0 Å². The molecule has 0 saturated heterocycles. The molecule has 0 fully saturated rings. The summed E-state index contributed by atoms with van der Waals surface area (Å²) in [6, 6.07) is 1.58. The van der Waals surface area contributed by atoms with Crippen molar-refractivity contribution >= 4 is 21.3 Å². The van der Waals surface area contributed by atoms with Gasteiger partial charge in [-0.2, -0.15) is 13.2 Å². The maximum Gasteiger partial charge on any atom is 0.418 e. The van der Waals surface area contributed by atoms with Crippen molar-refractivity contribution in [3.8, 4) is 0 Å². The van der Waals surface area contributed by atoms with Gasteiger partial charge in [-0.05, 0) is 35.6 Å². The van der Waals surface area contributed by atoms with Crippen molar-refractivity contribution in [3.63, 3.8) is 0 Å². The third-order valence-corrected chi connectivity index (χ3v) is 6.01. The van der Waals surface area contributed by atoms with Gasteiger partial charge in [-0.1, -0.05) is 32.1 Å². The lowest BCUT2D eigenvalue weighted by Crippen LogP contribution is -2.31. The van der Waals surface area contributed by atoms with Gasteiger partial charge in [-0.25, -0.2) is 13.1 Å². The standard InChI is InChI=1S/C20H21F3N2O3S/c1-13(2)12-29(26,27)24-10-17-6-5-14-3-4-15(16-7-8-28-11-16)9-18(19(14)25-17)20(21,22)23/h3-4,6-9,11,13,24H,5,10,12H2,1-2H3. The Kier molecular flexibility index (Phi) is 6.00. The number of allylic oxidation sites excluding steroid dienone is 7. The molecule has 5 nitrogen and oxygen atoms in total. The third kappa shape index (κ3) is 5.36. The molecule has 0 radical (unpaired) electrons. The Bertz CT molecular complexity index is 1030. The molecule has 0 amide bonds. The van der Waals surface area contributed by atoms with Gasteiger partial charge < -0.3 is 4.42 Å². The van der Waals surface area contributed by atoms with E-state index in [1.165, 1.54) is 12.5 Å². The van der Waals surface area contributed by atoms with Crippen molar-refractivity contribution in [3.05, 3.63) is 65.3 Å². The molecule has 3 rings (SSSR count). The van der Waals surface area contributed by atoms with Crippen LogP contribution in [0, 0.1) is 5.92 Å². The van der Waals surface area contributed by atoms with E-state index < -0.39 is 21.8 Å². The summed E-state index contributed by atoms with van der Waals surface area (Å²) in [6.07, 6.45) is 4.25. The van der Waals surface area contributed by atoms with E-state index in [0.29, 0.717) is 16.7 Å². The molecule has 0 aromatic carbocycles. The molecule has 9 heteroatoms. The molecule has 0 saturated carbocycles. The quantitative estimate of drug-likeness (QED) is 0.733. The highest BCUT2D eigenvalue weighted by Crippen LogP contribution is 2.36. The Morgan fingerprint density at radius 3 is 2.66 bits per heavy atom. The van der Waals surface area contributed by atoms with E-state index in [2.05, 4.69) is 9.71 Å². The number of furan rings is 1. The Morgan fingerprint density at radius 2 is 2.03 bits per heavy atom. The SMILES string of the molecule is CC(C)CS(=O)(=O)NCC1=CCC2=CC=C(c3ccoc3)C=C(C(F)(F)F)C2=N1. The van der Waals surface area contributed by atoms with Gasteiger partial charge in [0.05, 0.1) is 41.8 Å². The molecular weight excluding hydrogens is 405 g/mol. The minimum absolute atomic E-state index is 0.0618. The zero-order valence-electron chi connectivity index (χ0n) is 16.0. The summed E-state index contributed by atoms with van der Waals surface area (Å²) >= 11 is 0. The molecule has 1 N–H and O–H groups in total. The van der Waals surface area contributed by atoms with E-state index in [-0.39, 0.29) is 36.0 Å². The van der Waals surface area contributed by atoms with E-state index in [0.717, 1.165) is 6.08 Å². The fourth-order valence-corrected chi connectivity index (χ4v) is 4.41.